The quantitative estimate of drug-likeness (QED) is 0.427. The maximum absolute atomic E-state index is 5.19. The van der Waals surface area contributed by atoms with Crippen LogP contribution in [-0.2, 0) is 12.0 Å². The molecule has 0 aliphatic heterocycles. The van der Waals surface area contributed by atoms with Crippen LogP contribution in [0.4, 0.5) is 0 Å². The van der Waals surface area contributed by atoms with E-state index in [1.165, 1.54) is 18.4 Å². The highest BCUT2D eigenvalue weighted by molar-refractivity contribution is 5.79. The molecule has 0 unspecified atom stereocenters. The molecule has 3 aromatic rings. The van der Waals surface area contributed by atoms with Crippen LogP contribution < -0.4 is 15.4 Å². The lowest BCUT2D eigenvalue weighted by Crippen LogP contribution is -2.41. The van der Waals surface area contributed by atoms with Gasteiger partial charge in [0.2, 0.25) is 0 Å². The number of aliphatic imine (C=N–C) groups is 1. The van der Waals surface area contributed by atoms with Crippen LogP contribution in [0.3, 0.4) is 0 Å². The molecular formula is C22H26N6O. The van der Waals surface area contributed by atoms with Gasteiger partial charge in [-0.3, -0.25) is 10.1 Å². The average Bonchev–Trinajstić information content (AvgIpc) is 3.43. The third-order valence-electron chi connectivity index (χ3n) is 5.36. The Morgan fingerprint density at radius 1 is 1.10 bits per heavy atom. The lowest BCUT2D eigenvalue weighted by molar-refractivity contribution is 0.415. The summed E-state index contributed by atoms with van der Waals surface area (Å²) >= 11 is 0. The molecule has 2 aromatic carbocycles. The van der Waals surface area contributed by atoms with Gasteiger partial charge in [-0.2, -0.15) is 5.10 Å². The van der Waals surface area contributed by atoms with Crippen LogP contribution in [0.25, 0.3) is 11.4 Å². The van der Waals surface area contributed by atoms with Crippen molar-refractivity contribution < 1.29 is 4.74 Å². The molecule has 1 saturated carbocycles. The number of methoxy groups -OCH3 is 1. The Morgan fingerprint density at radius 3 is 2.52 bits per heavy atom. The Hall–Kier alpha value is -3.35. The van der Waals surface area contributed by atoms with Crippen LogP contribution in [0.1, 0.15) is 24.2 Å². The summed E-state index contributed by atoms with van der Waals surface area (Å²) in [5, 5.41) is 14.0. The lowest BCUT2D eigenvalue weighted by atomic mass is 9.96. The molecule has 0 amide bonds. The van der Waals surface area contributed by atoms with Crippen LogP contribution in [0.5, 0.6) is 5.75 Å². The monoisotopic (exact) mass is 390 g/mol. The molecule has 0 spiro atoms. The lowest BCUT2D eigenvalue weighted by Gasteiger charge is -2.18. The number of hydrogen-bond donors (Lipinski definition) is 3. The molecule has 0 atom stereocenters. The van der Waals surface area contributed by atoms with Crippen LogP contribution in [0.15, 0.2) is 59.6 Å². The second-order valence-electron chi connectivity index (χ2n) is 7.26. The van der Waals surface area contributed by atoms with Crippen molar-refractivity contribution in [2.45, 2.75) is 24.8 Å². The van der Waals surface area contributed by atoms with E-state index in [1.54, 1.807) is 14.2 Å². The van der Waals surface area contributed by atoms with Gasteiger partial charge in [-0.25, -0.2) is 4.98 Å². The summed E-state index contributed by atoms with van der Waals surface area (Å²) in [6.45, 7) is 1.38. The third kappa shape index (κ3) is 4.39. The number of aromatic nitrogens is 3. The van der Waals surface area contributed by atoms with Crippen LogP contribution in [-0.4, -0.2) is 41.8 Å². The number of nitrogens with one attached hydrogen (secondary N) is 3. The molecule has 7 heteroatoms. The second-order valence-corrected chi connectivity index (χ2v) is 7.26. The van der Waals surface area contributed by atoms with Gasteiger partial charge in [0, 0.05) is 24.6 Å². The summed E-state index contributed by atoms with van der Waals surface area (Å²) in [7, 11) is 3.43. The molecule has 3 N–H and O–H groups in total. The molecule has 1 aromatic heterocycles. The summed E-state index contributed by atoms with van der Waals surface area (Å²) in [5.74, 6) is 2.98. The van der Waals surface area contributed by atoms with E-state index in [4.69, 9.17) is 4.74 Å². The van der Waals surface area contributed by atoms with E-state index < -0.39 is 0 Å². The van der Waals surface area contributed by atoms with Crippen molar-refractivity contribution in [1.29, 1.82) is 0 Å². The number of rotatable bonds is 7. The van der Waals surface area contributed by atoms with Crippen molar-refractivity contribution in [3.8, 4) is 17.1 Å². The predicted octanol–water partition coefficient (Wildman–Crippen LogP) is 2.88. The maximum Gasteiger partial charge on any atom is 0.191 e. The number of aromatic amines is 1. The molecule has 4 rings (SSSR count). The minimum atomic E-state index is 0.229. The van der Waals surface area contributed by atoms with Crippen LogP contribution >= 0.6 is 0 Å². The second kappa shape index (κ2) is 8.34. The van der Waals surface area contributed by atoms with Gasteiger partial charge in [0.1, 0.15) is 11.6 Å². The summed E-state index contributed by atoms with van der Waals surface area (Å²) < 4.78 is 5.19. The molecule has 0 radical (unpaired) electrons. The van der Waals surface area contributed by atoms with Crippen molar-refractivity contribution >= 4 is 5.96 Å². The van der Waals surface area contributed by atoms with E-state index in [-0.39, 0.29) is 5.41 Å². The fourth-order valence-electron chi connectivity index (χ4n) is 3.39. The van der Waals surface area contributed by atoms with Gasteiger partial charge in [0.05, 0.1) is 13.7 Å². The van der Waals surface area contributed by atoms with E-state index in [2.05, 4.69) is 61.1 Å². The summed E-state index contributed by atoms with van der Waals surface area (Å²) in [6.07, 6.45) is 2.41. The Bertz CT molecular complexity index is 960. The minimum absolute atomic E-state index is 0.229. The molecule has 1 fully saturated rings. The van der Waals surface area contributed by atoms with Crippen LogP contribution in [0.2, 0.25) is 0 Å². The van der Waals surface area contributed by atoms with Gasteiger partial charge in [0.15, 0.2) is 11.8 Å². The number of H-pyrrole nitrogens is 1. The first-order chi connectivity index (χ1) is 14.2. The van der Waals surface area contributed by atoms with E-state index in [1.807, 2.05) is 24.3 Å². The first-order valence-corrected chi connectivity index (χ1v) is 9.78. The van der Waals surface area contributed by atoms with Crippen molar-refractivity contribution in [3.63, 3.8) is 0 Å². The fourth-order valence-corrected chi connectivity index (χ4v) is 3.39. The van der Waals surface area contributed by atoms with Crippen molar-refractivity contribution in [2.75, 3.05) is 20.7 Å². The summed E-state index contributed by atoms with van der Waals surface area (Å²) in [6, 6.07) is 18.4. The molecule has 1 heterocycles. The molecular weight excluding hydrogens is 364 g/mol. The predicted molar refractivity (Wildman–Crippen MR) is 114 cm³/mol. The largest absolute Gasteiger partial charge is 0.497 e. The SMILES string of the molecule is CN=C(NCc1nc(-c2ccc(OC)cc2)n[nH]1)NCC1(c2ccccc2)CC1. The van der Waals surface area contributed by atoms with Crippen molar-refractivity contribution in [2.24, 2.45) is 4.99 Å². The topological polar surface area (TPSA) is 87.2 Å². The standard InChI is InChI=1S/C22H26N6O/c1-23-21(25-15-22(12-13-22)17-6-4-3-5-7-17)24-14-19-26-20(28-27-19)16-8-10-18(29-2)11-9-16/h3-11H,12-15H2,1-2H3,(H2,23,24,25)(H,26,27,28). The highest BCUT2D eigenvalue weighted by atomic mass is 16.5. The molecule has 0 bridgehead atoms. The van der Waals surface area contributed by atoms with E-state index in [9.17, 15) is 0 Å². The third-order valence-corrected chi connectivity index (χ3v) is 5.36. The van der Waals surface area contributed by atoms with Gasteiger partial charge in [0.25, 0.3) is 0 Å². The molecule has 150 valence electrons. The van der Waals surface area contributed by atoms with Gasteiger partial charge in [-0.1, -0.05) is 30.3 Å². The highest BCUT2D eigenvalue weighted by Gasteiger charge is 2.43. The van der Waals surface area contributed by atoms with Gasteiger partial charge >= 0.3 is 0 Å². The van der Waals surface area contributed by atoms with Crippen molar-refractivity contribution in [3.05, 3.63) is 66.0 Å². The van der Waals surface area contributed by atoms with Crippen LogP contribution in [0, 0.1) is 0 Å². The van der Waals surface area contributed by atoms with E-state index >= 15 is 0 Å². The maximum atomic E-state index is 5.19. The normalized spacial score (nSPS) is 15.0. The fraction of sp³-hybridized carbons (Fsp3) is 0.318. The molecule has 1 aliphatic carbocycles. The van der Waals surface area contributed by atoms with Gasteiger partial charge in [-0.05, 0) is 42.7 Å². The van der Waals surface area contributed by atoms with E-state index in [0.717, 1.165) is 29.6 Å². The van der Waals surface area contributed by atoms with Gasteiger partial charge in [-0.15, -0.1) is 0 Å². The summed E-state index contributed by atoms with van der Waals surface area (Å²) in [4.78, 5) is 8.89. The molecule has 7 nitrogen and oxygen atoms in total. The number of guanidine groups is 1. The number of hydrogen-bond acceptors (Lipinski definition) is 4. The number of ether oxygens (including phenoxy) is 1. The Morgan fingerprint density at radius 2 is 1.86 bits per heavy atom. The number of benzene rings is 2. The van der Waals surface area contributed by atoms with Gasteiger partial charge < -0.3 is 15.4 Å². The first-order valence-electron chi connectivity index (χ1n) is 9.78. The van der Waals surface area contributed by atoms with Crippen molar-refractivity contribution in [1.82, 2.24) is 25.8 Å². The Labute approximate surface area is 170 Å². The highest BCUT2D eigenvalue weighted by Crippen LogP contribution is 2.47. The minimum Gasteiger partial charge on any atom is -0.497 e. The molecule has 1 aliphatic rings. The smallest absolute Gasteiger partial charge is 0.191 e. The average molecular weight is 390 g/mol. The first kappa shape index (κ1) is 19.0. The number of nitrogens with zero attached hydrogens (tertiary/aromatic N) is 3. The zero-order chi connectivity index (χ0) is 20.1. The zero-order valence-electron chi connectivity index (χ0n) is 16.8. The Balaban J connectivity index is 1.32. The Kier molecular flexibility index (Phi) is 5.46. The zero-order valence-corrected chi connectivity index (χ0v) is 16.8. The van der Waals surface area contributed by atoms with E-state index in [0.29, 0.717) is 12.4 Å². The molecule has 29 heavy (non-hydrogen) atoms. The molecule has 0 saturated heterocycles. The summed E-state index contributed by atoms with van der Waals surface area (Å²) in [5.41, 5.74) is 2.56.